The van der Waals surface area contributed by atoms with Gasteiger partial charge in [-0.05, 0) is 61.2 Å². The zero-order chi connectivity index (χ0) is 14.2. The minimum Gasteiger partial charge on any atom is -0.497 e. The van der Waals surface area contributed by atoms with Crippen molar-refractivity contribution in [3.63, 3.8) is 0 Å². The van der Waals surface area contributed by atoms with Crippen molar-refractivity contribution in [2.75, 3.05) is 20.2 Å². The van der Waals surface area contributed by atoms with E-state index in [0.29, 0.717) is 5.92 Å². The van der Waals surface area contributed by atoms with Gasteiger partial charge in [0, 0.05) is 0 Å². The lowest BCUT2D eigenvalue weighted by molar-refractivity contribution is 0.413. The zero-order valence-electron chi connectivity index (χ0n) is 12.3. The van der Waals surface area contributed by atoms with Crippen molar-refractivity contribution in [1.29, 1.82) is 0 Å². The summed E-state index contributed by atoms with van der Waals surface area (Å²) in [5.74, 6) is 1.48. The normalized spacial score (nSPS) is 12.3. The quantitative estimate of drug-likeness (QED) is 0.801. The van der Waals surface area contributed by atoms with Crippen LogP contribution in [0.1, 0.15) is 18.1 Å². The van der Waals surface area contributed by atoms with Crippen LogP contribution in [0.5, 0.6) is 5.75 Å². The molecule has 0 amide bonds. The molecule has 0 bridgehead atoms. The fourth-order valence-electron chi connectivity index (χ4n) is 2.44. The molecule has 1 unspecified atom stereocenters. The largest absolute Gasteiger partial charge is 0.497 e. The maximum atomic E-state index is 5.29. The summed E-state index contributed by atoms with van der Waals surface area (Å²) in [6.45, 7) is 4.15. The van der Waals surface area contributed by atoms with Crippen LogP contribution >= 0.6 is 0 Å². The van der Waals surface area contributed by atoms with Gasteiger partial charge < -0.3 is 14.5 Å². The van der Waals surface area contributed by atoms with Crippen LogP contribution in [0.4, 0.5) is 0 Å². The van der Waals surface area contributed by atoms with Crippen molar-refractivity contribution < 1.29 is 9.15 Å². The van der Waals surface area contributed by atoms with E-state index in [1.54, 1.807) is 13.4 Å². The van der Waals surface area contributed by atoms with E-state index >= 15 is 0 Å². The van der Waals surface area contributed by atoms with Crippen LogP contribution in [0, 0.1) is 5.92 Å². The number of methoxy groups -OCH3 is 1. The highest BCUT2D eigenvalue weighted by Gasteiger charge is 2.11. The second kappa shape index (κ2) is 7.75. The molecule has 0 aliphatic heterocycles. The van der Waals surface area contributed by atoms with Gasteiger partial charge in [-0.25, -0.2) is 0 Å². The number of hydrogen-bond donors (Lipinski definition) is 1. The fraction of sp³-hybridized carbons (Fsp3) is 0.412. The molecule has 0 saturated carbocycles. The van der Waals surface area contributed by atoms with Gasteiger partial charge in [-0.15, -0.1) is 0 Å². The average Bonchev–Trinajstić information content (AvgIpc) is 2.98. The number of nitrogens with one attached hydrogen (secondary N) is 1. The molecule has 1 atom stereocenters. The minimum absolute atomic E-state index is 0.555. The first-order valence-electron chi connectivity index (χ1n) is 7.16. The molecule has 2 aromatic rings. The molecule has 1 heterocycles. The summed E-state index contributed by atoms with van der Waals surface area (Å²) >= 11 is 0. The third kappa shape index (κ3) is 4.42. The maximum Gasteiger partial charge on any atom is 0.119 e. The predicted molar refractivity (Wildman–Crippen MR) is 81.1 cm³/mol. The van der Waals surface area contributed by atoms with E-state index in [4.69, 9.17) is 9.15 Å². The Balaban J connectivity index is 2.02. The van der Waals surface area contributed by atoms with Gasteiger partial charge >= 0.3 is 0 Å². The molecule has 1 N–H and O–H groups in total. The van der Waals surface area contributed by atoms with E-state index in [-0.39, 0.29) is 0 Å². The molecule has 2 rings (SSSR count). The van der Waals surface area contributed by atoms with Crippen LogP contribution < -0.4 is 10.1 Å². The molecule has 108 valence electrons. The van der Waals surface area contributed by atoms with Gasteiger partial charge in [-0.3, -0.25) is 0 Å². The van der Waals surface area contributed by atoms with E-state index in [9.17, 15) is 0 Å². The third-order valence-electron chi connectivity index (χ3n) is 3.45. The van der Waals surface area contributed by atoms with E-state index in [1.807, 2.05) is 18.4 Å². The lowest BCUT2D eigenvalue weighted by Gasteiger charge is -2.17. The first-order valence-corrected chi connectivity index (χ1v) is 7.16. The topological polar surface area (TPSA) is 34.4 Å². The third-order valence-corrected chi connectivity index (χ3v) is 3.45. The smallest absolute Gasteiger partial charge is 0.119 e. The van der Waals surface area contributed by atoms with Crippen molar-refractivity contribution in [3.8, 4) is 5.75 Å². The Morgan fingerprint density at radius 3 is 2.75 bits per heavy atom. The molecule has 1 aromatic carbocycles. The summed E-state index contributed by atoms with van der Waals surface area (Å²) in [5, 5.41) is 3.45. The Hall–Kier alpha value is -1.74. The van der Waals surface area contributed by atoms with Crippen LogP contribution in [0.2, 0.25) is 0 Å². The van der Waals surface area contributed by atoms with Crippen LogP contribution in [0.15, 0.2) is 47.3 Å². The Kier molecular flexibility index (Phi) is 5.69. The SMILES string of the molecule is CCNCC(Cc1ccoc1)Cc1cccc(OC)c1. The van der Waals surface area contributed by atoms with Gasteiger partial charge in [-0.1, -0.05) is 19.1 Å². The summed E-state index contributed by atoms with van der Waals surface area (Å²) in [7, 11) is 1.71. The molecule has 1 aromatic heterocycles. The Morgan fingerprint density at radius 2 is 2.05 bits per heavy atom. The molecule has 3 heteroatoms. The van der Waals surface area contributed by atoms with E-state index in [1.165, 1.54) is 11.1 Å². The van der Waals surface area contributed by atoms with E-state index < -0.39 is 0 Å². The lowest BCUT2D eigenvalue weighted by atomic mass is 9.93. The number of rotatable bonds is 8. The van der Waals surface area contributed by atoms with Gasteiger partial charge in [0.2, 0.25) is 0 Å². The van der Waals surface area contributed by atoms with Crippen LogP contribution in [-0.4, -0.2) is 20.2 Å². The maximum absolute atomic E-state index is 5.29. The monoisotopic (exact) mass is 273 g/mol. The zero-order valence-corrected chi connectivity index (χ0v) is 12.3. The molecule has 0 aliphatic rings. The predicted octanol–water partition coefficient (Wildman–Crippen LogP) is 3.30. The molecule has 0 aliphatic carbocycles. The highest BCUT2D eigenvalue weighted by molar-refractivity contribution is 5.28. The molecule has 20 heavy (non-hydrogen) atoms. The first-order chi connectivity index (χ1) is 9.81. The van der Waals surface area contributed by atoms with Gasteiger partial charge in [0.25, 0.3) is 0 Å². The lowest BCUT2D eigenvalue weighted by Crippen LogP contribution is -2.25. The summed E-state index contributed by atoms with van der Waals surface area (Å²) < 4.78 is 10.5. The number of benzene rings is 1. The molecular weight excluding hydrogens is 250 g/mol. The average molecular weight is 273 g/mol. The Morgan fingerprint density at radius 1 is 1.20 bits per heavy atom. The number of ether oxygens (including phenoxy) is 1. The molecule has 0 spiro atoms. The second-order valence-corrected chi connectivity index (χ2v) is 5.07. The molecule has 0 saturated heterocycles. The summed E-state index contributed by atoms with van der Waals surface area (Å²) in [6, 6.07) is 10.4. The highest BCUT2D eigenvalue weighted by atomic mass is 16.5. The van der Waals surface area contributed by atoms with Gasteiger partial charge in [-0.2, -0.15) is 0 Å². The molecule has 0 radical (unpaired) electrons. The number of furan rings is 1. The first kappa shape index (κ1) is 14.7. The standard InChI is InChI=1S/C17H23NO2/c1-3-18-12-16(10-15-7-8-20-13-15)9-14-5-4-6-17(11-14)19-2/h4-8,11,13,16,18H,3,9-10,12H2,1-2H3. The van der Waals surface area contributed by atoms with Crippen molar-refractivity contribution in [3.05, 3.63) is 54.0 Å². The highest BCUT2D eigenvalue weighted by Crippen LogP contribution is 2.18. The van der Waals surface area contributed by atoms with Crippen molar-refractivity contribution in [2.45, 2.75) is 19.8 Å². The summed E-state index contributed by atoms with van der Waals surface area (Å²) in [4.78, 5) is 0. The Bertz CT molecular complexity index is 493. The van der Waals surface area contributed by atoms with E-state index in [2.05, 4.69) is 30.4 Å². The van der Waals surface area contributed by atoms with E-state index in [0.717, 1.165) is 31.7 Å². The second-order valence-electron chi connectivity index (χ2n) is 5.07. The van der Waals surface area contributed by atoms with Crippen molar-refractivity contribution in [1.82, 2.24) is 5.32 Å². The van der Waals surface area contributed by atoms with Gasteiger partial charge in [0.05, 0.1) is 19.6 Å². The van der Waals surface area contributed by atoms with Crippen LogP contribution in [-0.2, 0) is 12.8 Å². The van der Waals surface area contributed by atoms with Gasteiger partial charge in [0.1, 0.15) is 5.75 Å². The minimum atomic E-state index is 0.555. The van der Waals surface area contributed by atoms with Crippen molar-refractivity contribution >= 4 is 0 Å². The summed E-state index contributed by atoms with van der Waals surface area (Å²) in [6.07, 6.45) is 5.64. The van der Waals surface area contributed by atoms with Gasteiger partial charge in [0.15, 0.2) is 0 Å². The molecule has 0 fully saturated rings. The molecule has 3 nitrogen and oxygen atoms in total. The fourth-order valence-corrected chi connectivity index (χ4v) is 2.44. The Labute approximate surface area is 121 Å². The van der Waals surface area contributed by atoms with Crippen LogP contribution in [0.3, 0.4) is 0 Å². The van der Waals surface area contributed by atoms with Crippen LogP contribution in [0.25, 0.3) is 0 Å². The van der Waals surface area contributed by atoms with Crippen molar-refractivity contribution in [2.24, 2.45) is 5.92 Å². The summed E-state index contributed by atoms with van der Waals surface area (Å²) in [5.41, 5.74) is 2.58. The number of hydrogen-bond acceptors (Lipinski definition) is 3. The molecular formula is C17H23NO2.